The number of benzene rings is 6. The van der Waals surface area contributed by atoms with Crippen LogP contribution < -0.4 is 14.5 Å². The van der Waals surface area contributed by atoms with Crippen LogP contribution in [0.3, 0.4) is 0 Å². The smallest absolute Gasteiger partial charge is 0.137 e. The van der Waals surface area contributed by atoms with Crippen LogP contribution in [0, 0.1) is 25.7 Å². The van der Waals surface area contributed by atoms with Crippen LogP contribution in [-0.2, 0) is 26.5 Å². The number of hydrogen-bond acceptors (Lipinski definition) is 4. The monoisotopic (exact) mass is 898 g/mol. The molecule has 1 aliphatic rings. The summed E-state index contributed by atoms with van der Waals surface area (Å²) in [6, 6.07) is 50.2. The van der Waals surface area contributed by atoms with Crippen molar-refractivity contribution in [2.75, 3.05) is 16.8 Å². The second-order valence-corrected chi connectivity index (χ2v) is 15.0. The maximum absolute atomic E-state index is 8.21. The van der Waals surface area contributed by atoms with Crippen LogP contribution in [0.1, 0.15) is 36.0 Å². The minimum absolute atomic E-state index is 0. The van der Waals surface area contributed by atoms with E-state index in [9.17, 15) is 0 Å². The zero-order valence-corrected chi connectivity index (χ0v) is 33.0. The van der Waals surface area contributed by atoms with Crippen molar-refractivity contribution in [2.45, 2.75) is 33.1 Å². The molecule has 0 radical (unpaired) electrons. The minimum Gasteiger partial charge on any atom is -0.509 e. The fourth-order valence-corrected chi connectivity index (χ4v) is 7.73. The minimum atomic E-state index is -2.36. The quantitative estimate of drug-likeness (QED) is 0.161. The van der Waals surface area contributed by atoms with Gasteiger partial charge in [0.05, 0.1) is 11.0 Å². The van der Waals surface area contributed by atoms with Crippen molar-refractivity contribution in [3.63, 3.8) is 0 Å². The summed E-state index contributed by atoms with van der Waals surface area (Å²) in [4.78, 5) is 8.30. The molecular weight excluding hydrogens is 858 g/mol. The van der Waals surface area contributed by atoms with Crippen LogP contribution in [-0.4, -0.2) is 21.1 Å². The third kappa shape index (κ3) is 5.79. The SMILES string of the molecule is [2H]C([2H])([2H])N1[CH-]N(c2[c-]c(Oc3[c-]c4c(cc3)c3ccccc3n4-c3cc4c(cn3)c3ccc(C)cc3n4-c3ccccc3)cc(C(C)(C)C)c2)c2ccccc21.[Pt]. The van der Waals surface area contributed by atoms with Crippen LogP contribution >= 0.6 is 0 Å². The maximum atomic E-state index is 8.21. The van der Waals surface area contributed by atoms with Crippen LogP contribution in [0.4, 0.5) is 17.1 Å². The second-order valence-electron chi connectivity index (χ2n) is 15.0. The summed E-state index contributed by atoms with van der Waals surface area (Å²) in [7, 11) is 0. The molecule has 0 atom stereocenters. The van der Waals surface area contributed by atoms with E-state index in [0.717, 1.165) is 66.4 Å². The molecule has 0 aliphatic carbocycles. The molecule has 7 heteroatoms. The third-order valence-electron chi connectivity index (χ3n) is 10.4. The van der Waals surface area contributed by atoms with E-state index in [1.165, 1.54) is 10.5 Å². The molecule has 274 valence electrons. The predicted octanol–water partition coefficient (Wildman–Crippen LogP) is 12.0. The van der Waals surface area contributed by atoms with Crippen molar-refractivity contribution < 1.29 is 29.9 Å². The molecule has 10 rings (SSSR count). The third-order valence-corrected chi connectivity index (χ3v) is 10.4. The van der Waals surface area contributed by atoms with Gasteiger partial charge in [-0.3, -0.25) is 0 Å². The number of rotatable bonds is 5. The molecular formula is C48H38N5OPt-3. The van der Waals surface area contributed by atoms with Crippen LogP contribution in [0.25, 0.3) is 55.1 Å². The predicted molar refractivity (Wildman–Crippen MR) is 222 cm³/mol. The summed E-state index contributed by atoms with van der Waals surface area (Å²) < 4.78 is 35.8. The van der Waals surface area contributed by atoms with Gasteiger partial charge in [-0.1, -0.05) is 87.0 Å². The Bertz CT molecular complexity index is 3040. The number of hydrogen-bond donors (Lipinski definition) is 0. The van der Waals surface area contributed by atoms with Crippen molar-refractivity contribution in [3.8, 4) is 23.0 Å². The topological polar surface area (TPSA) is 38.5 Å². The maximum Gasteiger partial charge on any atom is 0.137 e. The van der Waals surface area contributed by atoms with E-state index >= 15 is 0 Å². The van der Waals surface area contributed by atoms with E-state index in [1.807, 2.05) is 65.7 Å². The fourth-order valence-electron chi connectivity index (χ4n) is 7.73. The van der Waals surface area contributed by atoms with Crippen LogP contribution in [0.5, 0.6) is 11.5 Å². The molecule has 6 aromatic carbocycles. The van der Waals surface area contributed by atoms with Gasteiger partial charge in [0.15, 0.2) is 0 Å². The van der Waals surface area contributed by atoms with E-state index < -0.39 is 6.98 Å². The number of para-hydroxylation sites is 4. The number of aromatic nitrogens is 3. The number of aryl methyl sites for hydroxylation is 1. The molecule has 55 heavy (non-hydrogen) atoms. The number of pyridine rings is 1. The molecule has 0 spiro atoms. The standard InChI is InChI=1S/C48H38N5O.Pt/c1-31-19-21-39-40-29-49-47(28-46(40)52(44(39)23-31)33-13-7-6-8-14-33)53-41-16-10-9-15-37(41)38-22-20-35(27-45(38)53)54-36-25-32(48(2,3)4)24-34(26-36)51-30-50(5)42-17-11-12-18-43(42)51;/h6-25,28-30H,1-5H3;/q-3;/i5D3;. The Labute approximate surface area is 339 Å². The summed E-state index contributed by atoms with van der Waals surface area (Å²) >= 11 is 0. The van der Waals surface area contributed by atoms with E-state index in [1.54, 1.807) is 6.67 Å². The molecule has 0 bridgehead atoms. The van der Waals surface area contributed by atoms with Gasteiger partial charge in [-0.25, -0.2) is 4.98 Å². The molecule has 0 saturated carbocycles. The van der Waals surface area contributed by atoms with Gasteiger partial charge < -0.3 is 23.7 Å². The van der Waals surface area contributed by atoms with Gasteiger partial charge in [0.25, 0.3) is 0 Å². The van der Waals surface area contributed by atoms with E-state index in [2.05, 4.69) is 122 Å². The van der Waals surface area contributed by atoms with Crippen LogP contribution in [0.2, 0.25) is 0 Å². The van der Waals surface area contributed by atoms with Gasteiger partial charge in [-0.15, -0.1) is 47.0 Å². The normalized spacial score (nSPS) is 13.9. The molecule has 0 saturated heterocycles. The van der Waals surface area contributed by atoms with Crippen molar-refractivity contribution in [1.29, 1.82) is 0 Å². The summed E-state index contributed by atoms with van der Waals surface area (Å²) in [5, 5.41) is 4.34. The molecule has 6 nitrogen and oxygen atoms in total. The zero-order valence-electron chi connectivity index (χ0n) is 33.7. The first-order valence-corrected chi connectivity index (χ1v) is 18.1. The molecule has 3 aromatic heterocycles. The van der Waals surface area contributed by atoms with E-state index in [0.29, 0.717) is 22.9 Å². The Hall–Kier alpha value is -5.84. The van der Waals surface area contributed by atoms with Gasteiger partial charge >= 0.3 is 0 Å². The van der Waals surface area contributed by atoms with E-state index in [4.69, 9.17) is 13.8 Å². The van der Waals surface area contributed by atoms with Crippen molar-refractivity contribution >= 4 is 60.7 Å². The Morgan fingerprint density at radius 3 is 2.22 bits per heavy atom. The number of ether oxygens (including phenoxy) is 1. The van der Waals surface area contributed by atoms with Crippen molar-refractivity contribution in [3.05, 3.63) is 164 Å². The molecule has 0 N–H and O–H groups in total. The number of anilines is 3. The summed E-state index contributed by atoms with van der Waals surface area (Å²) in [5.74, 6) is 1.78. The first kappa shape index (κ1) is 31.5. The second kappa shape index (κ2) is 13.2. The van der Waals surface area contributed by atoms with E-state index in [-0.39, 0.29) is 26.5 Å². The van der Waals surface area contributed by atoms with Crippen molar-refractivity contribution in [1.82, 2.24) is 14.1 Å². The molecule has 0 fully saturated rings. The largest absolute Gasteiger partial charge is 0.509 e. The summed E-state index contributed by atoms with van der Waals surface area (Å²) in [6.45, 7) is 7.82. The fraction of sp³-hybridized carbons (Fsp3) is 0.125. The average Bonchev–Trinajstić information content (AvgIpc) is 3.85. The Morgan fingerprint density at radius 1 is 0.673 bits per heavy atom. The van der Waals surface area contributed by atoms with Gasteiger partial charge in [0, 0.05) is 82.3 Å². The van der Waals surface area contributed by atoms with Crippen LogP contribution in [0.15, 0.2) is 134 Å². The Balaban J connectivity index is 0.00000436. The molecule has 4 heterocycles. The summed E-state index contributed by atoms with van der Waals surface area (Å²) in [6.07, 6.45) is 1.98. The zero-order chi connectivity index (χ0) is 39.2. The molecule has 1 aliphatic heterocycles. The number of fused-ring (bicyclic) bond motifs is 7. The summed E-state index contributed by atoms with van der Waals surface area (Å²) in [5.41, 5.74) is 9.12. The Kier molecular flexibility index (Phi) is 7.55. The van der Waals surface area contributed by atoms with Gasteiger partial charge in [-0.05, 0) is 66.7 Å². The first-order valence-electron chi connectivity index (χ1n) is 19.6. The van der Waals surface area contributed by atoms with Gasteiger partial charge in [0.1, 0.15) is 5.82 Å². The molecule has 9 aromatic rings. The first-order chi connectivity index (χ1) is 27.4. The molecule has 0 unspecified atom stereocenters. The molecule has 0 amide bonds. The average molecular weight is 899 g/mol. The van der Waals surface area contributed by atoms with Gasteiger partial charge in [0.2, 0.25) is 0 Å². The van der Waals surface area contributed by atoms with Crippen molar-refractivity contribution in [2.24, 2.45) is 0 Å². The number of nitrogens with zero attached hydrogens (tertiary/aromatic N) is 5. The van der Waals surface area contributed by atoms with Gasteiger partial charge in [-0.2, -0.15) is 12.7 Å². The Morgan fingerprint density at radius 2 is 1.40 bits per heavy atom.